The predicted octanol–water partition coefficient (Wildman–Crippen LogP) is 3.97. The molecule has 0 saturated heterocycles. The Balaban J connectivity index is 2.77. The number of rotatable bonds is 4. The van der Waals surface area contributed by atoms with Crippen LogP contribution in [0, 0.1) is 28.9 Å². The normalized spacial score (nSPS) is 10.5. The average molecular weight is 241 g/mol. The topological polar surface area (TPSA) is 23.8 Å². The van der Waals surface area contributed by atoms with E-state index in [1.165, 1.54) is 0 Å². The standard InChI is InChI=1S/C12H13F2NS/c1-8(2)3-4-16-12-10(13)5-9(7-15)6-11(12)14/h5-6,8H,3-4H2,1-2H3. The molecular weight excluding hydrogens is 228 g/mol. The van der Waals surface area contributed by atoms with Gasteiger partial charge in [0.25, 0.3) is 0 Å². The Bertz CT molecular complexity index is 387. The second kappa shape index (κ2) is 5.86. The Morgan fingerprint density at radius 1 is 1.31 bits per heavy atom. The molecule has 0 aliphatic carbocycles. The fourth-order valence-corrected chi connectivity index (χ4v) is 2.35. The number of hydrogen-bond acceptors (Lipinski definition) is 2. The molecule has 0 unspecified atom stereocenters. The van der Waals surface area contributed by atoms with E-state index in [9.17, 15) is 8.78 Å². The molecule has 0 atom stereocenters. The lowest BCUT2D eigenvalue weighted by Gasteiger charge is -2.06. The number of thioether (sulfide) groups is 1. The van der Waals surface area contributed by atoms with Crippen molar-refractivity contribution < 1.29 is 8.78 Å². The van der Waals surface area contributed by atoms with Crippen molar-refractivity contribution in [1.82, 2.24) is 0 Å². The molecular formula is C12H13F2NS. The van der Waals surface area contributed by atoms with Crippen LogP contribution >= 0.6 is 11.8 Å². The van der Waals surface area contributed by atoms with Crippen LogP contribution in [0.1, 0.15) is 25.8 Å². The Hall–Kier alpha value is -1.08. The third-order valence-corrected chi connectivity index (χ3v) is 3.19. The third kappa shape index (κ3) is 3.49. The van der Waals surface area contributed by atoms with E-state index in [1.807, 2.05) is 0 Å². The second-order valence-corrected chi connectivity index (χ2v) is 5.02. The molecule has 0 aliphatic heterocycles. The maximum Gasteiger partial charge on any atom is 0.141 e. The summed E-state index contributed by atoms with van der Waals surface area (Å²) in [7, 11) is 0. The van der Waals surface area contributed by atoms with E-state index in [1.54, 1.807) is 6.07 Å². The van der Waals surface area contributed by atoms with E-state index in [-0.39, 0.29) is 10.5 Å². The number of benzene rings is 1. The van der Waals surface area contributed by atoms with E-state index < -0.39 is 11.6 Å². The fourth-order valence-electron chi connectivity index (χ4n) is 1.16. The predicted molar refractivity (Wildman–Crippen MR) is 61.3 cm³/mol. The molecule has 4 heteroatoms. The van der Waals surface area contributed by atoms with Crippen molar-refractivity contribution in [3.63, 3.8) is 0 Å². The van der Waals surface area contributed by atoms with Gasteiger partial charge in [0.2, 0.25) is 0 Å². The monoisotopic (exact) mass is 241 g/mol. The van der Waals surface area contributed by atoms with E-state index in [4.69, 9.17) is 5.26 Å². The van der Waals surface area contributed by atoms with Crippen LogP contribution in [0.2, 0.25) is 0 Å². The molecule has 0 aromatic heterocycles. The molecule has 86 valence electrons. The molecule has 0 saturated carbocycles. The molecule has 1 rings (SSSR count). The Morgan fingerprint density at radius 3 is 2.31 bits per heavy atom. The van der Waals surface area contributed by atoms with Gasteiger partial charge in [0.15, 0.2) is 0 Å². The van der Waals surface area contributed by atoms with Crippen molar-refractivity contribution in [2.45, 2.75) is 25.2 Å². The zero-order valence-corrected chi connectivity index (χ0v) is 10.1. The van der Waals surface area contributed by atoms with Gasteiger partial charge in [-0.15, -0.1) is 11.8 Å². The number of nitrogens with zero attached hydrogens (tertiary/aromatic N) is 1. The Labute approximate surface area is 98.5 Å². The summed E-state index contributed by atoms with van der Waals surface area (Å²) in [6.45, 7) is 4.12. The summed E-state index contributed by atoms with van der Waals surface area (Å²) in [6.07, 6.45) is 0.906. The summed E-state index contributed by atoms with van der Waals surface area (Å²) >= 11 is 1.16. The highest BCUT2D eigenvalue weighted by atomic mass is 32.2. The van der Waals surface area contributed by atoms with Gasteiger partial charge in [-0.25, -0.2) is 8.78 Å². The first-order valence-electron chi connectivity index (χ1n) is 5.06. The molecule has 0 spiro atoms. The molecule has 0 bridgehead atoms. The number of hydrogen-bond donors (Lipinski definition) is 0. The van der Waals surface area contributed by atoms with Crippen molar-refractivity contribution in [3.05, 3.63) is 29.3 Å². The second-order valence-electron chi connectivity index (χ2n) is 3.91. The van der Waals surface area contributed by atoms with Gasteiger partial charge >= 0.3 is 0 Å². The van der Waals surface area contributed by atoms with Gasteiger partial charge < -0.3 is 0 Å². The lowest BCUT2D eigenvalue weighted by molar-refractivity contribution is 0.539. The van der Waals surface area contributed by atoms with Gasteiger partial charge in [-0.05, 0) is 30.2 Å². The maximum atomic E-state index is 13.4. The number of nitriles is 1. The molecule has 0 amide bonds. The van der Waals surface area contributed by atoms with Crippen LogP contribution in [-0.2, 0) is 0 Å². The zero-order chi connectivity index (χ0) is 12.1. The minimum absolute atomic E-state index is 0.0136. The molecule has 0 N–H and O–H groups in total. The van der Waals surface area contributed by atoms with Gasteiger partial charge in [-0.2, -0.15) is 5.26 Å². The van der Waals surface area contributed by atoms with E-state index in [2.05, 4.69) is 13.8 Å². The van der Waals surface area contributed by atoms with Gasteiger partial charge in [0.1, 0.15) is 11.6 Å². The number of halogens is 2. The van der Waals surface area contributed by atoms with E-state index in [0.717, 1.165) is 30.3 Å². The molecule has 0 fully saturated rings. The van der Waals surface area contributed by atoms with Gasteiger partial charge in [-0.3, -0.25) is 0 Å². The van der Waals surface area contributed by atoms with Crippen LogP contribution in [0.15, 0.2) is 17.0 Å². The summed E-state index contributed by atoms with van der Waals surface area (Å²) < 4.78 is 26.8. The fraction of sp³-hybridized carbons (Fsp3) is 0.417. The van der Waals surface area contributed by atoms with Gasteiger partial charge in [0.05, 0.1) is 16.5 Å². The summed E-state index contributed by atoms with van der Waals surface area (Å²) in [4.78, 5) is 0.0136. The van der Waals surface area contributed by atoms with Crippen molar-refractivity contribution >= 4 is 11.8 Å². The molecule has 0 radical (unpaired) electrons. The van der Waals surface area contributed by atoms with E-state index in [0.29, 0.717) is 11.7 Å². The van der Waals surface area contributed by atoms with Crippen LogP contribution in [0.3, 0.4) is 0 Å². The summed E-state index contributed by atoms with van der Waals surface area (Å²) in [5.41, 5.74) is 0.0169. The summed E-state index contributed by atoms with van der Waals surface area (Å²) in [5, 5.41) is 8.54. The van der Waals surface area contributed by atoms with Crippen molar-refractivity contribution in [3.8, 4) is 6.07 Å². The first-order valence-corrected chi connectivity index (χ1v) is 6.05. The van der Waals surface area contributed by atoms with Crippen molar-refractivity contribution in [1.29, 1.82) is 5.26 Å². The van der Waals surface area contributed by atoms with Crippen molar-refractivity contribution in [2.75, 3.05) is 5.75 Å². The van der Waals surface area contributed by atoms with Crippen LogP contribution in [0.5, 0.6) is 0 Å². The molecule has 0 heterocycles. The molecule has 1 aromatic rings. The van der Waals surface area contributed by atoms with Crippen molar-refractivity contribution in [2.24, 2.45) is 5.92 Å². The SMILES string of the molecule is CC(C)CCSc1c(F)cc(C#N)cc1F. The lowest BCUT2D eigenvalue weighted by Crippen LogP contribution is -1.94. The highest BCUT2D eigenvalue weighted by Crippen LogP contribution is 2.27. The minimum atomic E-state index is -0.648. The molecule has 16 heavy (non-hydrogen) atoms. The van der Waals surface area contributed by atoms with Crippen LogP contribution in [0.4, 0.5) is 8.78 Å². The third-order valence-electron chi connectivity index (χ3n) is 2.07. The maximum absolute atomic E-state index is 13.4. The summed E-state index contributed by atoms with van der Waals surface area (Å²) in [5.74, 6) is -0.107. The Kier molecular flexibility index (Phi) is 4.75. The van der Waals surface area contributed by atoms with E-state index >= 15 is 0 Å². The first-order chi connectivity index (χ1) is 7.54. The van der Waals surface area contributed by atoms with Gasteiger partial charge in [0, 0.05) is 0 Å². The van der Waals surface area contributed by atoms with Crippen LogP contribution < -0.4 is 0 Å². The van der Waals surface area contributed by atoms with Gasteiger partial charge in [-0.1, -0.05) is 13.8 Å². The molecule has 0 aliphatic rings. The smallest absolute Gasteiger partial charge is 0.141 e. The largest absolute Gasteiger partial charge is 0.206 e. The highest BCUT2D eigenvalue weighted by Gasteiger charge is 2.11. The quantitative estimate of drug-likeness (QED) is 0.744. The van der Waals surface area contributed by atoms with Crippen LogP contribution in [-0.4, -0.2) is 5.75 Å². The lowest BCUT2D eigenvalue weighted by atomic mass is 10.2. The molecule has 1 nitrogen and oxygen atoms in total. The Morgan fingerprint density at radius 2 is 1.88 bits per heavy atom. The minimum Gasteiger partial charge on any atom is -0.206 e. The summed E-state index contributed by atoms with van der Waals surface area (Å²) in [6, 6.07) is 3.86. The zero-order valence-electron chi connectivity index (χ0n) is 9.26. The highest BCUT2D eigenvalue weighted by molar-refractivity contribution is 7.99. The first kappa shape index (κ1) is 13.0. The van der Waals surface area contributed by atoms with Crippen LogP contribution in [0.25, 0.3) is 0 Å². The molecule has 1 aromatic carbocycles. The average Bonchev–Trinajstić information content (AvgIpc) is 2.21.